The van der Waals surface area contributed by atoms with Crippen molar-refractivity contribution >= 4 is 44.0 Å². The lowest BCUT2D eigenvalue weighted by molar-refractivity contribution is -0.137. The zero-order chi connectivity index (χ0) is 22.2. The number of aliphatic imine (C=N–C) groups is 1. The van der Waals surface area contributed by atoms with Crippen LogP contribution in [0.15, 0.2) is 59.6 Å². The smallest absolute Gasteiger partial charge is 0.325 e. The number of amides is 1. The highest BCUT2D eigenvalue weighted by Gasteiger charge is 2.44. The van der Waals surface area contributed by atoms with Crippen LogP contribution in [0.4, 0.5) is 24.5 Å². The lowest BCUT2D eigenvalue weighted by Gasteiger charge is -2.24. The van der Waals surface area contributed by atoms with Crippen LogP contribution in [-0.2, 0) is 20.8 Å². The van der Waals surface area contributed by atoms with Crippen LogP contribution in [0.2, 0.25) is 0 Å². The summed E-state index contributed by atoms with van der Waals surface area (Å²) in [7, 11) is -3.12. The molecule has 0 aliphatic carbocycles. The van der Waals surface area contributed by atoms with Crippen molar-refractivity contribution in [3.05, 3.63) is 60.2 Å². The Balaban J connectivity index is 1.53. The minimum atomic E-state index is -4.51. The van der Waals surface area contributed by atoms with Gasteiger partial charge in [-0.2, -0.15) is 13.2 Å². The van der Waals surface area contributed by atoms with E-state index >= 15 is 0 Å². The Morgan fingerprint density at radius 1 is 1.13 bits per heavy atom. The molecule has 0 aromatic heterocycles. The van der Waals surface area contributed by atoms with Crippen molar-refractivity contribution in [2.24, 2.45) is 4.99 Å². The fourth-order valence-corrected chi connectivity index (χ4v) is 7.25. The Kier molecular flexibility index (Phi) is 5.73. The van der Waals surface area contributed by atoms with Crippen LogP contribution in [0.3, 0.4) is 0 Å². The Hall–Kier alpha value is -2.53. The molecular weight excluding hydrogens is 451 g/mol. The summed E-state index contributed by atoms with van der Waals surface area (Å²) in [5.74, 6) is -0.502. The van der Waals surface area contributed by atoms with E-state index in [1.807, 2.05) is 6.07 Å². The number of thioether (sulfide) groups is 1. The van der Waals surface area contributed by atoms with Gasteiger partial charge in [-0.15, -0.1) is 0 Å². The topological polar surface area (TPSA) is 78.8 Å². The number of nitrogens with zero attached hydrogens (tertiary/aromatic N) is 2. The maximum atomic E-state index is 12.9. The lowest BCUT2D eigenvalue weighted by Crippen LogP contribution is -2.36. The molecule has 1 saturated heterocycles. The molecule has 2 heterocycles. The number of hydrogen-bond donors (Lipinski definition) is 1. The average Bonchev–Trinajstić information content (AvgIpc) is 3.19. The second kappa shape index (κ2) is 8.19. The third kappa shape index (κ3) is 5.04. The number of para-hydroxylation sites is 1. The Morgan fingerprint density at radius 2 is 1.87 bits per heavy atom. The van der Waals surface area contributed by atoms with Gasteiger partial charge < -0.3 is 10.2 Å². The minimum Gasteiger partial charge on any atom is -0.325 e. The summed E-state index contributed by atoms with van der Waals surface area (Å²) >= 11 is 1.31. The summed E-state index contributed by atoms with van der Waals surface area (Å²) in [5.41, 5.74) is -0.137. The fraction of sp³-hybridized carbons (Fsp3) is 0.300. The first kappa shape index (κ1) is 21.7. The van der Waals surface area contributed by atoms with Crippen LogP contribution in [0, 0.1) is 0 Å². The van der Waals surface area contributed by atoms with Crippen LogP contribution in [0.25, 0.3) is 0 Å². The van der Waals surface area contributed by atoms with Crippen LogP contribution in [-0.4, -0.2) is 48.8 Å². The summed E-state index contributed by atoms with van der Waals surface area (Å²) in [6, 6.07) is 13.0. The molecular formula is C20H18F3N3O3S2. The minimum absolute atomic E-state index is 0.0206. The largest absolute Gasteiger partial charge is 0.416 e. The molecule has 4 rings (SSSR count). The first-order chi connectivity index (χ1) is 14.6. The van der Waals surface area contributed by atoms with E-state index in [9.17, 15) is 26.4 Å². The van der Waals surface area contributed by atoms with Crippen LogP contribution in [0.1, 0.15) is 5.56 Å². The average molecular weight is 470 g/mol. The van der Waals surface area contributed by atoms with Gasteiger partial charge in [0.1, 0.15) is 6.54 Å². The molecule has 2 atom stereocenters. The maximum absolute atomic E-state index is 12.9. The van der Waals surface area contributed by atoms with Gasteiger partial charge in [-0.1, -0.05) is 36.0 Å². The van der Waals surface area contributed by atoms with E-state index in [4.69, 9.17) is 0 Å². The fourth-order valence-electron chi connectivity index (χ4n) is 3.47. The molecule has 0 radical (unpaired) electrons. The third-order valence-corrected chi connectivity index (χ3v) is 8.13. The number of benzene rings is 2. The first-order valence-electron chi connectivity index (χ1n) is 9.35. The second-order valence-electron chi connectivity index (χ2n) is 7.26. The maximum Gasteiger partial charge on any atom is 0.416 e. The zero-order valence-corrected chi connectivity index (χ0v) is 17.7. The SMILES string of the molecule is O=C(CN(C1=N[C@H]2CS(=O)(=O)C[C@@H]2S1)c1ccccc1)Nc1cccc(C(F)(F)F)c1. The van der Waals surface area contributed by atoms with Gasteiger partial charge in [-0.05, 0) is 30.3 Å². The van der Waals surface area contributed by atoms with E-state index in [1.54, 1.807) is 29.2 Å². The molecule has 1 N–H and O–H groups in total. The molecule has 1 fully saturated rings. The molecule has 11 heteroatoms. The number of sulfone groups is 1. The van der Waals surface area contributed by atoms with Gasteiger partial charge in [0.2, 0.25) is 5.91 Å². The molecule has 2 aromatic rings. The van der Waals surface area contributed by atoms with E-state index < -0.39 is 27.5 Å². The molecule has 1 amide bonds. The quantitative estimate of drug-likeness (QED) is 0.743. The normalized spacial score (nSPS) is 22.0. The predicted molar refractivity (Wildman–Crippen MR) is 115 cm³/mol. The molecule has 0 saturated carbocycles. The summed E-state index contributed by atoms with van der Waals surface area (Å²) in [6.45, 7) is -0.182. The summed E-state index contributed by atoms with van der Waals surface area (Å²) in [6.07, 6.45) is -4.51. The highest BCUT2D eigenvalue weighted by Crippen LogP contribution is 2.37. The van der Waals surface area contributed by atoms with Crippen molar-refractivity contribution in [2.75, 3.05) is 28.3 Å². The number of nitrogens with one attached hydrogen (secondary N) is 1. The highest BCUT2D eigenvalue weighted by molar-refractivity contribution is 8.15. The number of fused-ring (bicyclic) bond motifs is 1. The van der Waals surface area contributed by atoms with Crippen molar-refractivity contribution in [2.45, 2.75) is 17.5 Å². The number of carbonyl (C=O) groups excluding carboxylic acids is 1. The van der Waals surface area contributed by atoms with Crippen molar-refractivity contribution in [1.29, 1.82) is 0 Å². The lowest BCUT2D eigenvalue weighted by atomic mass is 10.2. The molecule has 2 aliphatic rings. The molecule has 2 aliphatic heterocycles. The molecule has 6 nitrogen and oxygen atoms in total. The number of rotatable bonds is 4. The first-order valence-corrected chi connectivity index (χ1v) is 12.1. The van der Waals surface area contributed by atoms with Crippen molar-refractivity contribution in [1.82, 2.24) is 0 Å². The number of alkyl halides is 3. The number of halogens is 3. The van der Waals surface area contributed by atoms with Gasteiger partial charge in [0.05, 0.1) is 23.1 Å². The Morgan fingerprint density at radius 3 is 2.55 bits per heavy atom. The zero-order valence-electron chi connectivity index (χ0n) is 16.0. The van der Waals surface area contributed by atoms with Gasteiger partial charge in [-0.25, -0.2) is 8.42 Å². The summed E-state index contributed by atoms with van der Waals surface area (Å²) in [4.78, 5) is 18.8. The Bertz CT molecular complexity index is 1120. The summed E-state index contributed by atoms with van der Waals surface area (Å²) < 4.78 is 62.4. The molecule has 0 bridgehead atoms. The number of carbonyl (C=O) groups is 1. The van der Waals surface area contributed by atoms with Crippen molar-refractivity contribution < 1.29 is 26.4 Å². The van der Waals surface area contributed by atoms with Gasteiger partial charge in [0, 0.05) is 16.6 Å². The van der Waals surface area contributed by atoms with Crippen molar-refractivity contribution in [3.8, 4) is 0 Å². The van der Waals surface area contributed by atoms with Crippen LogP contribution in [0.5, 0.6) is 0 Å². The van der Waals surface area contributed by atoms with Gasteiger partial charge in [0.25, 0.3) is 0 Å². The molecule has 31 heavy (non-hydrogen) atoms. The number of amidine groups is 1. The molecule has 164 valence electrons. The number of anilines is 2. The van der Waals surface area contributed by atoms with E-state index in [0.29, 0.717) is 10.9 Å². The number of hydrogen-bond acceptors (Lipinski definition) is 6. The standard InChI is InChI=1S/C20H18F3N3O3S2/c21-20(22,23)13-5-4-6-14(9-13)24-18(27)10-26(15-7-2-1-3-8-15)19-25-16-11-31(28,29)12-17(16)30-19/h1-9,16-17H,10-12H2,(H,24,27)/t16-,17-/m0/s1. The van der Waals surface area contributed by atoms with Gasteiger partial charge in [0.15, 0.2) is 15.0 Å². The molecule has 0 spiro atoms. The predicted octanol–water partition coefficient (Wildman–Crippen LogP) is 3.42. The van der Waals surface area contributed by atoms with Crippen LogP contribution < -0.4 is 10.2 Å². The van der Waals surface area contributed by atoms with Gasteiger partial charge >= 0.3 is 6.18 Å². The monoisotopic (exact) mass is 469 g/mol. The van der Waals surface area contributed by atoms with E-state index in [-0.39, 0.29) is 35.0 Å². The van der Waals surface area contributed by atoms with Gasteiger partial charge in [-0.3, -0.25) is 9.79 Å². The van der Waals surface area contributed by atoms with E-state index in [1.165, 1.54) is 23.9 Å². The third-order valence-electron chi connectivity index (χ3n) is 4.88. The summed E-state index contributed by atoms with van der Waals surface area (Å²) in [5, 5.41) is 2.83. The van der Waals surface area contributed by atoms with E-state index in [0.717, 1.165) is 12.1 Å². The Labute approximate surface area is 181 Å². The van der Waals surface area contributed by atoms with Crippen LogP contribution >= 0.6 is 11.8 Å². The molecule has 2 aromatic carbocycles. The molecule has 0 unspecified atom stereocenters. The van der Waals surface area contributed by atoms with E-state index in [2.05, 4.69) is 10.3 Å². The van der Waals surface area contributed by atoms with Crippen molar-refractivity contribution in [3.63, 3.8) is 0 Å². The highest BCUT2D eigenvalue weighted by atomic mass is 32.2. The second-order valence-corrected chi connectivity index (χ2v) is 10.6.